The molecule has 16 heteroatoms. The van der Waals surface area contributed by atoms with Crippen LogP contribution in [0.1, 0.15) is 97.1 Å². The van der Waals surface area contributed by atoms with Crippen LogP contribution in [0.2, 0.25) is 0 Å². The third-order valence-corrected chi connectivity index (χ3v) is 12.8. The lowest BCUT2D eigenvalue weighted by Crippen LogP contribution is -2.82. The van der Waals surface area contributed by atoms with E-state index in [4.69, 9.17) is 28.4 Å². The molecule has 6 rings (SSSR count). The second kappa shape index (κ2) is 16.3. The van der Waals surface area contributed by atoms with Gasteiger partial charge in [-0.1, -0.05) is 62.4 Å². The van der Waals surface area contributed by atoms with Gasteiger partial charge in [0.05, 0.1) is 35.6 Å². The zero-order valence-electron chi connectivity index (χ0n) is 35.8. The highest BCUT2D eigenvalue weighted by atomic mass is 16.6. The molecular formula is C45H55NO15. The van der Waals surface area contributed by atoms with Crippen LogP contribution in [0.4, 0.5) is 4.79 Å². The zero-order chi connectivity index (χ0) is 45.0. The normalized spacial score (nSPS) is 32.5. The lowest BCUT2D eigenvalue weighted by Gasteiger charge is -2.67. The summed E-state index contributed by atoms with van der Waals surface area (Å²) in [6.45, 7) is 12.9. The molecule has 2 aromatic carbocycles. The summed E-state index contributed by atoms with van der Waals surface area (Å²) >= 11 is 0. The third-order valence-electron chi connectivity index (χ3n) is 12.8. The lowest BCUT2D eigenvalue weighted by atomic mass is 9.44. The van der Waals surface area contributed by atoms with Crippen LogP contribution in [0.3, 0.4) is 0 Å². The van der Waals surface area contributed by atoms with E-state index in [1.165, 1.54) is 26.0 Å². The van der Waals surface area contributed by atoms with Gasteiger partial charge < -0.3 is 49.1 Å². The van der Waals surface area contributed by atoms with E-state index in [-0.39, 0.29) is 29.7 Å². The molecule has 2 aromatic rings. The molecule has 1 heterocycles. The van der Waals surface area contributed by atoms with Crippen LogP contribution in [0.15, 0.2) is 71.8 Å². The minimum Gasteiger partial charge on any atom is -0.456 e. The largest absolute Gasteiger partial charge is 0.456 e. The Hall–Kier alpha value is -5.16. The van der Waals surface area contributed by atoms with Gasteiger partial charge in [-0.3, -0.25) is 14.4 Å². The number of ether oxygens (including phenoxy) is 6. The second-order valence-corrected chi connectivity index (χ2v) is 18.2. The van der Waals surface area contributed by atoms with E-state index in [0.717, 1.165) is 13.8 Å². The van der Waals surface area contributed by atoms with Gasteiger partial charge in [-0.05, 0) is 63.5 Å². The first kappa shape index (κ1) is 45.4. The Labute approximate surface area is 353 Å². The number of aliphatic hydroxyl groups excluding tert-OH is 2. The first-order chi connectivity index (χ1) is 28.4. The van der Waals surface area contributed by atoms with Gasteiger partial charge in [-0.15, -0.1) is 0 Å². The number of Topliss-reactive ketones (excluding diaryl/α,β-unsaturated/α-hetero) is 1. The molecule has 3 aliphatic carbocycles. The maximum absolute atomic E-state index is 15.5. The number of alkyl carbamates (subject to hydrolysis) is 1. The van der Waals surface area contributed by atoms with Crippen LogP contribution in [0.25, 0.3) is 0 Å². The fraction of sp³-hybridized carbons (Fsp3) is 0.556. The van der Waals surface area contributed by atoms with Crippen molar-refractivity contribution in [3.63, 3.8) is 0 Å². The molecule has 2 saturated carbocycles. The second-order valence-electron chi connectivity index (χ2n) is 18.2. The molecule has 0 unspecified atom stereocenters. The summed E-state index contributed by atoms with van der Waals surface area (Å²) < 4.78 is 35.6. The van der Waals surface area contributed by atoms with Crippen molar-refractivity contribution >= 4 is 35.8 Å². The number of carbonyl (C=O) groups is 6. The Morgan fingerprint density at radius 1 is 0.902 bits per heavy atom. The van der Waals surface area contributed by atoms with Crippen molar-refractivity contribution in [2.75, 3.05) is 6.61 Å². The maximum Gasteiger partial charge on any atom is 0.408 e. The number of ketones is 1. The monoisotopic (exact) mass is 849 g/mol. The van der Waals surface area contributed by atoms with Crippen LogP contribution in [-0.4, -0.2) is 111 Å². The number of benzene rings is 2. The minimum atomic E-state index is -2.40. The summed E-state index contributed by atoms with van der Waals surface area (Å²) in [6.07, 6.45) is -11.5. The van der Waals surface area contributed by atoms with E-state index < -0.39 is 118 Å². The minimum absolute atomic E-state index is 0.0126. The number of hydrogen-bond acceptors (Lipinski definition) is 15. The highest BCUT2D eigenvalue weighted by Crippen LogP contribution is 2.64. The molecular weight excluding hydrogens is 794 g/mol. The van der Waals surface area contributed by atoms with E-state index >= 15 is 4.79 Å². The molecule has 4 aliphatic rings. The van der Waals surface area contributed by atoms with Gasteiger partial charge in [0, 0.05) is 32.1 Å². The van der Waals surface area contributed by atoms with E-state index in [0.29, 0.717) is 5.56 Å². The number of amides is 1. The molecule has 0 aromatic heterocycles. The summed E-state index contributed by atoms with van der Waals surface area (Å²) in [7, 11) is 0. The fourth-order valence-corrected chi connectivity index (χ4v) is 9.80. The number of rotatable bonds is 9. The fourth-order valence-electron chi connectivity index (χ4n) is 9.80. The highest BCUT2D eigenvalue weighted by Gasteiger charge is 2.78. The van der Waals surface area contributed by atoms with Gasteiger partial charge in [0.2, 0.25) is 0 Å². The predicted molar refractivity (Wildman–Crippen MR) is 213 cm³/mol. The zero-order valence-corrected chi connectivity index (χ0v) is 35.8. The van der Waals surface area contributed by atoms with Crippen LogP contribution in [-0.2, 0) is 47.6 Å². The van der Waals surface area contributed by atoms with Crippen LogP contribution < -0.4 is 5.32 Å². The van der Waals surface area contributed by atoms with Crippen molar-refractivity contribution in [3.8, 4) is 0 Å². The average molecular weight is 850 g/mol. The van der Waals surface area contributed by atoms with Gasteiger partial charge in [0.15, 0.2) is 23.6 Å². The number of nitrogens with one attached hydrogen (secondary N) is 1. The quantitative estimate of drug-likeness (QED) is 0.160. The summed E-state index contributed by atoms with van der Waals surface area (Å²) in [5.41, 5.74) is -8.30. The Morgan fingerprint density at radius 2 is 1.51 bits per heavy atom. The molecule has 4 N–H and O–H groups in total. The van der Waals surface area contributed by atoms with Gasteiger partial charge in [-0.25, -0.2) is 14.4 Å². The molecule has 16 nitrogen and oxygen atoms in total. The Bertz CT molecular complexity index is 2100. The molecule has 1 aliphatic heterocycles. The SMILES string of the molecule is CC(=O)O[C@H]1C(=O)[C@]2(C)[C@H](O)C[C@H]3OC[C@@]3(OC(C)=O)[C@H]2[C@H](OC(=O)c2ccccc2)[C@]2(O)C[C@H](OC(=O)[C@H](O)[C@@H](NC(=O)OC(C)(C)C)c3ccccc3)C(C)=C1C2(C)C. The molecule has 3 fully saturated rings. The van der Waals surface area contributed by atoms with Crippen molar-refractivity contribution < 1.29 is 72.5 Å². The molecule has 1 saturated heterocycles. The Morgan fingerprint density at radius 3 is 2.05 bits per heavy atom. The Kier molecular flexibility index (Phi) is 12.1. The van der Waals surface area contributed by atoms with E-state index in [1.54, 1.807) is 83.1 Å². The van der Waals surface area contributed by atoms with Crippen molar-refractivity contribution in [2.45, 2.75) is 135 Å². The first-order valence-corrected chi connectivity index (χ1v) is 20.2. The number of carbonyl (C=O) groups excluding carboxylic acids is 6. The smallest absolute Gasteiger partial charge is 0.408 e. The Balaban J connectivity index is 1.54. The molecule has 0 radical (unpaired) electrons. The van der Waals surface area contributed by atoms with Crippen LogP contribution in [0, 0.1) is 16.7 Å². The summed E-state index contributed by atoms with van der Waals surface area (Å²) in [5, 5.41) is 39.9. The predicted octanol–water partition coefficient (Wildman–Crippen LogP) is 3.83. The van der Waals surface area contributed by atoms with Gasteiger partial charge in [0.1, 0.15) is 29.5 Å². The number of esters is 4. The van der Waals surface area contributed by atoms with Crippen LogP contribution >= 0.6 is 0 Å². The molecule has 330 valence electrons. The van der Waals surface area contributed by atoms with Gasteiger partial charge in [0.25, 0.3) is 0 Å². The molecule has 61 heavy (non-hydrogen) atoms. The van der Waals surface area contributed by atoms with Crippen molar-refractivity contribution in [1.82, 2.24) is 5.32 Å². The standard InChI is InChI=1S/C45H55NO15/c1-23-28(58-39(53)33(50)32(26-16-12-10-13-17-26)46-40(54)61-41(4,5)6)21-45(55)37(59-38(52)27-18-14-11-15-19-27)35-43(9,29(49)20-30-44(35,22-56-30)60-25(3)48)36(51)34(57-24(2)47)31(23)42(45,7)8/h10-19,28-30,32-35,37,49-50,55H,20-22H2,1-9H3,(H,46,54)/t28-,29+,30+,32-,33+,34+,35-,37-,43+,44-,45+/m0/s1. The molecule has 2 bridgehead atoms. The van der Waals surface area contributed by atoms with E-state index in [1.807, 2.05) is 0 Å². The van der Waals surface area contributed by atoms with Gasteiger partial charge in [-0.2, -0.15) is 0 Å². The number of hydrogen-bond donors (Lipinski definition) is 4. The maximum atomic E-state index is 15.5. The van der Waals surface area contributed by atoms with Crippen molar-refractivity contribution in [2.24, 2.45) is 16.7 Å². The third kappa shape index (κ3) is 7.94. The molecule has 0 spiro atoms. The van der Waals surface area contributed by atoms with Gasteiger partial charge >= 0.3 is 30.0 Å². The molecule has 11 atom stereocenters. The summed E-state index contributed by atoms with van der Waals surface area (Å²) in [4.78, 5) is 82.9. The highest BCUT2D eigenvalue weighted by molar-refractivity contribution is 5.95. The summed E-state index contributed by atoms with van der Waals surface area (Å²) in [5.74, 6) is -6.30. The van der Waals surface area contributed by atoms with E-state index in [2.05, 4.69) is 5.32 Å². The summed E-state index contributed by atoms with van der Waals surface area (Å²) in [6, 6.07) is 14.5. The topological polar surface area (TPSA) is 231 Å². The number of aliphatic hydroxyl groups is 3. The van der Waals surface area contributed by atoms with Crippen LogP contribution in [0.5, 0.6) is 0 Å². The first-order valence-electron chi connectivity index (χ1n) is 20.2. The van der Waals surface area contributed by atoms with Crippen molar-refractivity contribution in [1.29, 1.82) is 0 Å². The molecule has 1 amide bonds. The van der Waals surface area contributed by atoms with E-state index in [9.17, 15) is 39.3 Å². The number of fused-ring (bicyclic) bond motifs is 5. The van der Waals surface area contributed by atoms with Crippen molar-refractivity contribution in [3.05, 3.63) is 82.9 Å². The average Bonchev–Trinajstić information content (AvgIpc) is 3.17. The lowest BCUT2D eigenvalue weighted by molar-refractivity contribution is -0.346.